The quantitative estimate of drug-likeness (QED) is 0.675. The fourth-order valence-electron chi connectivity index (χ4n) is 3.83. The lowest BCUT2D eigenvalue weighted by Gasteiger charge is -2.31. The number of piperidine rings is 1. The number of fused-ring (bicyclic) bond motifs is 1. The molecule has 0 saturated carbocycles. The van der Waals surface area contributed by atoms with E-state index in [9.17, 15) is 9.59 Å². The first-order chi connectivity index (χ1) is 13.7. The fraction of sp³-hybridized carbons (Fsp3) is 0.304. The molecule has 5 nitrogen and oxygen atoms in total. The van der Waals surface area contributed by atoms with Crippen molar-refractivity contribution in [3.8, 4) is 5.75 Å². The van der Waals surface area contributed by atoms with Gasteiger partial charge in [0.25, 0.3) is 5.91 Å². The first-order valence-electron chi connectivity index (χ1n) is 9.80. The van der Waals surface area contributed by atoms with Crippen molar-refractivity contribution >= 4 is 22.6 Å². The number of H-pyrrole nitrogens is 1. The van der Waals surface area contributed by atoms with Gasteiger partial charge in [0.1, 0.15) is 11.4 Å². The molecule has 1 aliphatic heterocycles. The highest BCUT2D eigenvalue weighted by Gasteiger charge is 2.28. The maximum atomic E-state index is 12.9. The molecule has 0 atom stereocenters. The Balaban J connectivity index is 1.42. The van der Waals surface area contributed by atoms with E-state index in [4.69, 9.17) is 4.74 Å². The Morgan fingerprint density at radius 3 is 2.54 bits per heavy atom. The van der Waals surface area contributed by atoms with Gasteiger partial charge >= 0.3 is 0 Å². The second-order valence-electron chi connectivity index (χ2n) is 7.16. The van der Waals surface area contributed by atoms with Crippen molar-refractivity contribution in [2.75, 3.05) is 19.7 Å². The Bertz CT molecular complexity index is 986. The third kappa shape index (κ3) is 3.65. The maximum Gasteiger partial charge on any atom is 0.270 e. The van der Waals surface area contributed by atoms with Gasteiger partial charge in [-0.3, -0.25) is 9.59 Å². The van der Waals surface area contributed by atoms with E-state index in [0.29, 0.717) is 38.2 Å². The Kier molecular flexibility index (Phi) is 5.15. The van der Waals surface area contributed by atoms with Gasteiger partial charge in [-0.1, -0.05) is 30.3 Å². The highest BCUT2D eigenvalue weighted by molar-refractivity contribution is 5.99. The summed E-state index contributed by atoms with van der Waals surface area (Å²) in [6, 6.07) is 17.1. The summed E-state index contributed by atoms with van der Waals surface area (Å²) in [5.41, 5.74) is 2.23. The van der Waals surface area contributed by atoms with Gasteiger partial charge in [0.05, 0.1) is 6.61 Å². The summed E-state index contributed by atoms with van der Waals surface area (Å²) in [5, 5.41) is 0.987. The second-order valence-corrected chi connectivity index (χ2v) is 7.16. The van der Waals surface area contributed by atoms with Crippen molar-refractivity contribution in [3.05, 3.63) is 65.9 Å². The number of hydrogen-bond donors (Lipinski definition) is 1. The number of carbonyl (C=O) groups excluding carboxylic acids is 2. The molecule has 1 aliphatic rings. The van der Waals surface area contributed by atoms with Crippen LogP contribution in [0.25, 0.3) is 10.9 Å². The molecular formula is C23H24N2O3. The molecule has 28 heavy (non-hydrogen) atoms. The lowest BCUT2D eigenvalue weighted by Crippen LogP contribution is -2.40. The predicted octanol–water partition coefficient (Wildman–Crippen LogP) is 4.30. The van der Waals surface area contributed by atoms with E-state index in [1.165, 1.54) is 0 Å². The van der Waals surface area contributed by atoms with Gasteiger partial charge in [0, 0.05) is 41.5 Å². The summed E-state index contributed by atoms with van der Waals surface area (Å²) in [6.45, 7) is 3.75. The van der Waals surface area contributed by atoms with Crippen molar-refractivity contribution in [1.82, 2.24) is 9.88 Å². The standard InChI is InChI=1S/C23H24N2O3/c1-2-28-19-9-8-18-14-21(24-20(18)15-19)23(27)25-12-10-17(11-13-25)22(26)16-6-4-3-5-7-16/h3-9,14-15,17,24H,2,10-13H2,1H3. The molecule has 5 heteroatoms. The Morgan fingerprint density at radius 1 is 1.07 bits per heavy atom. The van der Waals surface area contributed by atoms with Gasteiger partial charge in [0.15, 0.2) is 5.78 Å². The number of aromatic nitrogens is 1. The molecule has 1 saturated heterocycles. The van der Waals surface area contributed by atoms with Crippen LogP contribution in [0, 0.1) is 5.92 Å². The summed E-state index contributed by atoms with van der Waals surface area (Å²) >= 11 is 0. The van der Waals surface area contributed by atoms with Crippen LogP contribution >= 0.6 is 0 Å². The van der Waals surface area contributed by atoms with E-state index in [1.807, 2.05) is 66.4 Å². The van der Waals surface area contributed by atoms with Gasteiger partial charge < -0.3 is 14.6 Å². The Morgan fingerprint density at radius 2 is 1.82 bits per heavy atom. The topological polar surface area (TPSA) is 62.4 Å². The SMILES string of the molecule is CCOc1ccc2cc(C(=O)N3CCC(C(=O)c4ccccc4)CC3)[nH]c2c1. The highest BCUT2D eigenvalue weighted by Crippen LogP contribution is 2.25. The van der Waals surface area contributed by atoms with Gasteiger partial charge in [-0.15, -0.1) is 0 Å². The molecule has 0 aliphatic carbocycles. The van der Waals surface area contributed by atoms with Crippen LogP contribution in [-0.2, 0) is 0 Å². The average Bonchev–Trinajstić information content (AvgIpc) is 3.17. The van der Waals surface area contributed by atoms with Gasteiger partial charge in [-0.2, -0.15) is 0 Å². The van der Waals surface area contributed by atoms with Crippen LogP contribution in [0.5, 0.6) is 5.75 Å². The van der Waals surface area contributed by atoms with Crippen LogP contribution in [0.15, 0.2) is 54.6 Å². The molecule has 3 aromatic rings. The number of amides is 1. The first kappa shape index (κ1) is 18.3. The summed E-state index contributed by atoms with van der Waals surface area (Å²) in [4.78, 5) is 30.6. The molecule has 0 unspecified atom stereocenters. The molecule has 1 amide bonds. The predicted molar refractivity (Wildman–Crippen MR) is 109 cm³/mol. The zero-order valence-electron chi connectivity index (χ0n) is 16.0. The smallest absolute Gasteiger partial charge is 0.270 e. The minimum atomic E-state index is -0.0141. The normalized spacial score (nSPS) is 15.0. The number of likely N-dealkylation sites (tertiary alicyclic amines) is 1. The number of nitrogens with zero attached hydrogens (tertiary/aromatic N) is 1. The molecule has 0 radical (unpaired) electrons. The van der Waals surface area contributed by atoms with Crippen LogP contribution in [0.4, 0.5) is 0 Å². The number of ether oxygens (including phenoxy) is 1. The van der Waals surface area contributed by atoms with Crippen molar-refractivity contribution in [1.29, 1.82) is 0 Å². The van der Waals surface area contributed by atoms with E-state index < -0.39 is 0 Å². The molecule has 2 heterocycles. The van der Waals surface area contributed by atoms with E-state index in [2.05, 4.69) is 4.98 Å². The largest absolute Gasteiger partial charge is 0.494 e. The van der Waals surface area contributed by atoms with Crippen molar-refractivity contribution < 1.29 is 14.3 Å². The van der Waals surface area contributed by atoms with Gasteiger partial charge in [0.2, 0.25) is 0 Å². The Labute approximate surface area is 164 Å². The molecule has 4 rings (SSSR count). The number of carbonyl (C=O) groups is 2. The van der Waals surface area contributed by atoms with E-state index in [1.54, 1.807) is 0 Å². The first-order valence-corrected chi connectivity index (χ1v) is 9.80. The molecular weight excluding hydrogens is 352 g/mol. The number of ketones is 1. The van der Waals surface area contributed by atoms with E-state index in [0.717, 1.165) is 22.2 Å². The maximum absolute atomic E-state index is 12.9. The summed E-state index contributed by atoms with van der Waals surface area (Å²) in [6.07, 6.45) is 1.41. The summed E-state index contributed by atoms with van der Waals surface area (Å²) in [5.74, 6) is 0.945. The molecule has 144 valence electrons. The van der Waals surface area contributed by atoms with Crippen molar-refractivity contribution in [2.24, 2.45) is 5.92 Å². The monoisotopic (exact) mass is 376 g/mol. The third-order valence-electron chi connectivity index (χ3n) is 5.35. The lowest BCUT2D eigenvalue weighted by atomic mass is 9.89. The number of nitrogens with one attached hydrogen (secondary N) is 1. The molecule has 2 aromatic carbocycles. The van der Waals surface area contributed by atoms with Crippen molar-refractivity contribution in [3.63, 3.8) is 0 Å². The number of rotatable bonds is 5. The molecule has 1 aromatic heterocycles. The van der Waals surface area contributed by atoms with Crippen LogP contribution in [0.2, 0.25) is 0 Å². The molecule has 0 spiro atoms. The van der Waals surface area contributed by atoms with E-state index in [-0.39, 0.29) is 17.6 Å². The zero-order chi connectivity index (χ0) is 19.5. The molecule has 1 N–H and O–H groups in total. The number of aromatic amines is 1. The lowest BCUT2D eigenvalue weighted by molar-refractivity contribution is 0.0646. The average molecular weight is 376 g/mol. The third-order valence-corrected chi connectivity index (χ3v) is 5.35. The minimum absolute atomic E-state index is 0.0112. The summed E-state index contributed by atoms with van der Waals surface area (Å²) < 4.78 is 5.52. The van der Waals surface area contributed by atoms with Crippen LogP contribution in [0.1, 0.15) is 40.6 Å². The van der Waals surface area contributed by atoms with Crippen molar-refractivity contribution in [2.45, 2.75) is 19.8 Å². The number of hydrogen-bond acceptors (Lipinski definition) is 3. The fourth-order valence-corrected chi connectivity index (χ4v) is 3.83. The number of benzene rings is 2. The van der Waals surface area contributed by atoms with Gasteiger partial charge in [-0.05, 0) is 38.0 Å². The van der Waals surface area contributed by atoms with Crippen LogP contribution < -0.4 is 4.74 Å². The molecule has 0 bridgehead atoms. The zero-order valence-corrected chi connectivity index (χ0v) is 16.0. The van der Waals surface area contributed by atoms with E-state index >= 15 is 0 Å². The summed E-state index contributed by atoms with van der Waals surface area (Å²) in [7, 11) is 0. The van der Waals surface area contributed by atoms with Crippen LogP contribution in [0.3, 0.4) is 0 Å². The van der Waals surface area contributed by atoms with Gasteiger partial charge in [-0.25, -0.2) is 0 Å². The molecule has 1 fully saturated rings. The number of Topliss-reactive ketones (excluding diaryl/α,β-unsaturated/α-hetero) is 1. The second kappa shape index (κ2) is 7.89. The highest BCUT2D eigenvalue weighted by atomic mass is 16.5. The Hall–Kier alpha value is -3.08. The minimum Gasteiger partial charge on any atom is -0.494 e. The van der Waals surface area contributed by atoms with Crippen LogP contribution in [-0.4, -0.2) is 41.3 Å².